The van der Waals surface area contributed by atoms with E-state index >= 15 is 0 Å². The molecule has 1 N–H and O–H groups in total. The predicted molar refractivity (Wildman–Crippen MR) is 231 cm³/mol. The highest BCUT2D eigenvalue weighted by Crippen LogP contribution is 2.63. The number of fused-ring (bicyclic) bond motifs is 13. The second kappa shape index (κ2) is 12.6. The van der Waals surface area contributed by atoms with Gasteiger partial charge in [-0.15, -0.1) is 11.8 Å². The van der Waals surface area contributed by atoms with E-state index in [0.717, 1.165) is 25.7 Å². The fourth-order valence-electron chi connectivity index (χ4n) is 12.5. The summed E-state index contributed by atoms with van der Waals surface area (Å²) < 4.78 is 0. The van der Waals surface area contributed by atoms with E-state index in [1.165, 1.54) is 125 Å². The van der Waals surface area contributed by atoms with Crippen molar-refractivity contribution in [3.8, 4) is 33.4 Å². The number of allylic oxidation sites excluding steroid dienone is 5. The summed E-state index contributed by atoms with van der Waals surface area (Å²) in [6.45, 7) is 0. The molecule has 2 heterocycles. The van der Waals surface area contributed by atoms with Crippen molar-refractivity contribution in [2.45, 2.75) is 112 Å². The Morgan fingerprint density at radius 1 is 0.618 bits per heavy atom. The molecule has 1 saturated heterocycles. The number of nitrogens with zero attached hydrogens (tertiary/aromatic N) is 1. The number of aliphatic imine (C=N–C) groups is 1. The second-order valence-corrected chi connectivity index (χ2v) is 19.0. The van der Waals surface area contributed by atoms with Gasteiger partial charge in [0.1, 0.15) is 6.17 Å². The molecule has 55 heavy (non-hydrogen) atoms. The van der Waals surface area contributed by atoms with Crippen LogP contribution in [0, 0.1) is 5.92 Å². The smallest absolute Gasteiger partial charge is 0.146 e. The molecule has 4 aromatic rings. The van der Waals surface area contributed by atoms with E-state index in [4.69, 9.17) is 4.99 Å². The standard InChI is InChI=1S/C52H50N2S/c1-4-15-34(16-5-1)48-46-39-18-7-9-22-45(39)55-50(46)54-49(53-48)35-25-23-33(24-26-35)36-19-14-20-38-41-32-43-40(31-44(41)52(47(36)38)29-12-3-13-30-52)37-17-6-8-21-42(37)51(43)27-10-2-11-28-51/h4,6-9,14-17,19-21,23-26,31-32,39,45,49,53H,1-3,5,10-13,18,22,27-30H2. The van der Waals surface area contributed by atoms with E-state index < -0.39 is 0 Å². The van der Waals surface area contributed by atoms with Crippen LogP contribution in [0.1, 0.15) is 124 Å². The maximum atomic E-state index is 5.45. The third kappa shape index (κ3) is 4.78. The van der Waals surface area contributed by atoms with E-state index in [1.807, 2.05) is 11.8 Å². The van der Waals surface area contributed by atoms with Gasteiger partial charge in [0.25, 0.3) is 0 Å². The van der Waals surface area contributed by atoms with Crippen molar-refractivity contribution >= 4 is 16.8 Å². The number of hydrogen-bond donors (Lipinski definition) is 1. The Morgan fingerprint density at radius 3 is 2.13 bits per heavy atom. The van der Waals surface area contributed by atoms with Gasteiger partial charge in [0.2, 0.25) is 0 Å². The third-order valence-corrected chi connectivity index (χ3v) is 16.4. The molecular formula is C52H50N2S. The summed E-state index contributed by atoms with van der Waals surface area (Å²) in [5.41, 5.74) is 20.9. The molecular weight excluding hydrogens is 685 g/mol. The SMILES string of the molecule is C1=CC(C2=C3C(=NC(c4ccc(-c5cccc6c5C5(CCCCC5)c5cc7c(cc5-6)C5(CCCCC5)c5ccccc5-7)cc4)N2)SC2CC=CCC32)=CCC1. The number of benzene rings is 4. The van der Waals surface area contributed by atoms with E-state index in [1.54, 1.807) is 22.3 Å². The molecule has 0 aromatic heterocycles. The number of nitrogens with one attached hydrogen (secondary N) is 1. The minimum Gasteiger partial charge on any atom is -0.359 e. The summed E-state index contributed by atoms with van der Waals surface area (Å²) in [5, 5.41) is 5.86. The first-order valence-electron chi connectivity index (χ1n) is 21.5. The molecule has 2 aliphatic heterocycles. The van der Waals surface area contributed by atoms with Gasteiger partial charge in [-0.2, -0.15) is 0 Å². The van der Waals surface area contributed by atoms with Gasteiger partial charge in [-0.05, 0) is 130 Å². The average Bonchev–Trinajstić information content (AvgIpc) is 3.85. The molecule has 12 rings (SSSR count). The molecule has 2 nitrogen and oxygen atoms in total. The Morgan fingerprint density at radius 2 is 1.33 bits per heavy atom. The van der Waals surface area contributed by atoms with Crippen molar-refractivity contribution in [3.05, 3.63) is 154 Å². The second-order valence-electron chi connectivity index (χ2n) is 17.7. The first-order chi connectivity index (χ1) is 27.2. The van der Waals surface area contributed by atoms with Gasteiger partial charge in [-0.25, -0.2) is 4.99 Å². The first-order valence-corrected chi connectivity index (χ1v) is 22.4. The molecule has 3 heteroatoms. The minimum atomic E-state index is -0.0764. The van der Waals surface area contributed by atoms with Gasteiger partial charge in [-0.1, -0.05) is 136 Å². The predicted octanol–water partition coefficient (Wildman–Crippen LogP) is 13.4. The highest BCUT2D eigenvalue weighted by atomic mass is 32.2. The molecule has 6 aliphatic carbocycles. The van der Waals surface area contributed by atoms with E-state index in [-0.39, 0.29) is 17.0 Å². The lowest BCUT2D eigenvalue weighted by Gasteiger charge is -2.38. The molecule has 2 spiro atoms. The molecule has 0 amide bonds. The van der Waals surface area contributed by atoms with Crippen molar-refractivity contribution in [1.82, 2.24) is 5.32 Å². The Labute approximate surface area is 331 Å². The Bertz CT molecular complexity index is 2410. The summed E-state index contributed by atoms with van der Waals surface area (Å²) in [6, 6.07) is 31.7. The van der Waals surface area contributed by atoms with E-state index in [2.05, 4.69) is 115 Å². The van der Waals surface area contributed by atoms with Crippen LogP contribution in [0.4, 0.5) is 0 Å². The summed E-state index contributed by atoms with van der Waals surface area (Å²) in [7, 11) is 0. The van der Waals surface area contributed by atoms with Gasteiger partial charge >= 0.3 is 0 Å². The zero-order valence-corrected chi connectivity index (χ0v) is 32.7. The van der Waals surface area contributed by atoms with Crippen LogP contribution in [0.15, 0.2) is 131 Å². The van der Waals surface area contributed by atoms with Gasteiger partial charge in [0, 0.05) is 33.3 Å². The Kier molecular flexibility index (Phi) is 7.52. The molecule has 3 atom stereocenters. The van der Waals surface area contributed by atoms with Crippen LogP contribution in [-0.4, -0.2) is 10.3 Å². The van der Waals surface area contributed by atoms with Crippen LogP contribution in [-0.2, 0) is 10.8 Å². The van der Waals surface area contributed by atoms with Crippen molar-refractivity contribution in [2.75, 3.05) is 0 Å². The van der Waals surface area contributed by atoms with Crippen molar-refractivity contribution < 1.29 is 0 Å². The van der Waals surface area contributed by atoms with Crippen LogP contribution in [0.3, 0.4) is 0 Å². The van der Waals surface area contributed by atoms with Crippen LogP contribution in [0.25, 0.3) is 33.4 Å². The minimum absolute atomic E-state index is 0.0735. The highest BCUT2D eigenvalue weighted by molar-refractivity contribution is 8.15. The lowest BCUT2D eigenvalue weighted by atomic mass is 9.65. The number of hydrogen-bond acceptors (Lipinski definition) is 3. The molecule has 4 aromatic carbocycles. The third-order valence-electron chi connectivity index (χ3n) is 15.0. The highest BCUT2D eigenvalue weighted by Gasteiger charge is 2.50. The van der Waals surface area contributed by atoms with Crippen LogP contribution < -0.4 is 5.32 Å². The maximum Gasteiger partial charge on any atom is 0.146 e. The van der Waals surface area contributed by atoms with E-state index in [0.29, 0.717) is 11.2 Å². The normalized spacial score (nSPS) is 26.1. The summed E-state index contributed by atoms with van der Waals surface area (Å²) >= 11 is 2.03. The fourth-order valence-corrected chi connectivity index (χ4v) is 14.0. The summed E-state index contributed by atoms with van der Waals surface area (Å²) in [5.74, 6) is 0.552. The van der Waals surface area contributed by atoms with Crippen molar-refractivity contribution in [2.24, 2.45) is 10.9 Å². The molecule has 2 saturated carbocycles. The largest absolute Gasteiger partial charge is 0.359 e. The molecule has 8 aliphatic rings. The number of thioether (sulfide) groups is 1. The zero-order valence-electron chi connectivity index (χ0n) is 31.9. The lowest BCUT2D eigenvalue weighted by Crippen LogP contribution is -2.30. The summed E-state index contributed by atoms with van der Waals surface area (Å²) in [4.78, 5) is 5.45. The first kappa shape index (κ1) is 32.9. The Hall–Kier alpha value is -4.34. The quantitative estimate of drug-likeness (QED) is 0.212. The molecule has 0 bridgehead atoms. The van der Waals surface area contributed by atoms with Gasteiger partial charge in [-0.3, -0.25) is 0 Å². The molecule has 0 radical (unpaired) electrons. The lowest BCUT2D eigenvalue weighted by molar-refractivity contribution is 0.350. The monoisotopic (exact) mass is 734 g/mol. The van der Waals surface area contributed by atoms with Gasteiger partial charge < -0.3 is 5.32 Å². The van der Waals surface area contributed by atoms with Gasteiger partial charge in [0.15, 0.2) is 0 Å². The topological polar surface area (TPSA) is 24.4 Å². The van der Waals surface area contributed by atoms with Crippen LogP contribution in [0.2, 0.25) is 0 Å². The summed E-state index contributed by atoms with van der Waals surface area (Å²) in [6.07, 6.45) is 29.4. The number of rotatable bonds is 3. The average molecular weight is 735 g/mol. The van der Waals surface area contributed by atoms with Crippen LogP contribution in [0.5, 0.6) is 0 Å². The molecule has 274 valence electrons. The zero-order chi connectivity index (χ0) is 36.1. The van der Waals surface area contributed by atoms with Gasteiger partial charge in [0.05, 0.1) is 5.04 Å². The Balaban J connectivity index is 0.946. The van der Waals surface area contributed by atoms with Crippen LogP contribution >= 0.6 is 11.8 Å². The maximum absolute atomic E-state index is 5.45. The van der Waals surface area contributed by atoms with Crippen molar-refractivity contribution in [3.63, 3.8) is 0 Å². The molecule has 3 unspecified atom stereocenters. The molecule has 3 fully saturated rings. The van der Waals surface area contributed by atoms with E-state index in [9.17, 15) is 0 Å². The fraction of sp³-hybridized carbons (Fsp3) is 0.365. The van der Waals surface area contributed by atoms with Crippen molar-refractivity contribution in [1.29, 1.82) is 0 Å².